The summed E-state index contributed by atoms with van der Waals surface area (Å²) < 4.78 is 29.5. The zero-order chi connectivity index (χ0) is 16.1. The summed E-state index contributed by atoms with van der Waals surface area (Å²) in [4.78, 5) is 4.86. The van der Waals surface area contributed by atoms with Crippen LogP contribution in [0.25, 0.3) is 4.96 Å². The Morgan fingerprint density at radius 2 is 1.91 bits per heavy atom. The van der Waals surface area contributed by atoms with Crippen molar-refractivity contribution >= 4 is 32.0 Å². The van der Waals surface area contributed by atoms with Crippen molar-refractivity contribution in [3.63, 3.8) is 0 Å². The molecule has 0 amide bonds. The maximum absolute atomic E-state index is 12.7. The highest BCUT2D eigenvalue weighted by atomic mass is 32.2. The maximum Gasteiger partial charge on any atom is 0.281 e. The van der Waals surface area contributed by atoms with Crippen LogP contribution in [0.1, 0.15) is 21.8 Å². The smallest absolute Gasteiger partial charge is 0.278 e. The Morgan fingerprint density at radius 1 is 1.18 bits per heavy atom. The molecular weight excluding hydrogens is 320 g/mol. The van der Waals surface area contributed by atoms with E-state index < -0.39 is 10.0 Å². The summed E-state index contributed by atoms with van der Waals surface area (Å²) in [5.74, 6) is 0. The SMILES string of the molecule is Cc1ccc(NS(=O)(=O)c2c(C)nc3sc(C)nn23)c(C)c1. The molecule has 1 N–H and O–H groups in total. The fourth-order valence-electron chi connectivity index (χ4n) is 2.36. The third kappa shape index (κ3) is 2.48. The molecule has 0 saturated carbocycles. The third-order valence-corrected chi connectivity index (χ3v) is 5.60. The number of nitrogens with zero attached hydrogens (tertiary/aromatic N) is 3. The molecule has 0 aliphatic carbocycles. The highest BCUT2D eigenvalue weighted by Crippen LogP contribution is 2.25. The van der Waals surface area contributed by atoms with Gasteiger partial charge in [0.1, 0.15) is 5.01 Å². The topological polar surface area (TPSA) is 76.4 Å². The van der Waals surface area contributed by atoms with Crippen molar-refractivity contribution < 1.29 is 8.42 Å². The zero-order valence-electron chi connectivity index (χ0n) is 12.7. The first-order valence-corrected chi connectivity index (χ1v) is 9.01. The Hall–Kier alpha value is -1.93. The van der Waals surface area contributed by atoms with Gasteiger partial charge in [-0.1, -0.05) is 29.0 Å². The molecule has 0 unspecified atom stereocenters. The average Bonchev–Trinajstić information content (AvgIpc) is 2.86. The van der Waals surface area contributed by atoms with E-state index in [0.717, 1.165) is 16.1 Å². The number of rotatable bonds is 3. The lowest BCUT2D eigenvalue weighted by molar-refractivity contribution is 0.592. The van der Waals surface area contributed by atoms with Crippen LogP contribution in [0.15, 0.2) is 23.2 Å². The van der Waals surface area contributed by atoms with Gasteiger partial charge in [0.15, 0.2) is 0 Å². The van der Waals surface area contributed by atoms with Crippen molar-refractivity contribution in [3.8, 4) is 0 Å². The number of sulfonamides is 1. The van der Waals surface area contributed by atoms with E-state index in [9.17, 15) is 8.42 Å². The normalized spacial score (nSPS) is 12.0. The summed E-state index contributed by atoms with van der Waals surface area (Å²) in [5.41, 5.74) is 2.96. The monoisotopic (exact) mass is 336 g/mol. The molecule has 0 radical (unpaired) electrons. The molecule has 0 saturated heterocycles. The molecule has 0 aliphatic rings. The highest BCUT2D eigenvalue weighted by molar-refractivity contribution is 7.92. The minimum Gasteiger partial charge on any atom is -0.278 e. The first kappa shape index (κ1) is 15.0. The molecule has 0 atom stereocenters. The van der Waals surface area contributed by atoms with Crippen LogP contribution in [0.4, 0.5) is 5.69 Å². The maximum atomic E-state index is 12.7. The lowest BCUT2D eigenvalue weighted by Gasteiger charge is -2.10. The quantitative estimate of drug-likeness (QED) is 0.798. The minimum atomic E-state index is -3.75. The number of anilines is 1. The van der Waals surface area contributed by atoms with Gasteiger partial charge in [0.2, 0.25) is 9.99 Å². The fraction of sp³-hybridized carbons (Fsp3) is 0.286. The molecule has 8 heteroatoms. The van der Waals surface area contributed by atoms with Gasteiger partial charge in [0.25, 0.3) is 10.0 Å². The van der Waals surface area contributed by atoms with E-state index in [1.54, 1.807) is 13.0 Å². The van der Waals surface area contributed by atoms with Crippen LogP contribution in [-0.2, 0) is 10.0 Å². The second-order valence-electron chi connectivity index (χ2n) is 5.24. The van der Waals surface area contributed by atoms with Gasteiger partial charge >= 0.3 is 0 Å². The van der Waals surface area contributed by atoms with E-state index in [1.165, 1.54) is 15.9 Å². The first-order valence-electron chi connectivity index (χ1n) is 6.71. The standard InChI is InChI=1S/C14H16N4O2S2/c1-8-5-6-12(9(2)7-8)17-22(19,20)13-10(3)15-14-18(13)16-11(4)21-14/h5-7,17H,1-4H3. The Balaban J connectivity index is 2.10. The van der Waals surface area contributed by atoms with Gasteiger partial charge in [-0.25, -0.2) is 4.98 Å². The average molecular weight is 336 g/mol. The number of benzene rings is 1. The van der Waals surface area contributed by atoms with Crippen LogP contribution < -0.4 is 4.72 Å². The molecule has 116 valence electrons. The molecule has 0 bridgehead atoms. The fourth-order valence-corrected chi connectivity index (χ4v) is 4.61. The van der Waals surface area contributed by atoms with Gasteiger partial charge < -0.3 is 0 Å². The highest BCUT2D eigenvalue weighted by Gasteiger charge is 2.25. The lowest BCUT2D eigenvalue weighted by Crippen LogP contribution is -2.17. The molecule has 2 heterocycles. The largest absolute Gasteiger partial charge is 0.281 e. The second-order valence-corrected chi connectivity index (χ2v) is 8.00. The van der Waals surface area contributed by atoms with Crippen molar-refractivity contribution in [2.45, 2.75) is 32.7 Å². The molecule has 0 fully saturated rings. The Kier molecular flexibility index (Phi) is 3.45. The number of imidazole rings is 1. The van der Waals surface area contributed by atoms with E-state index in [-0.39, 0.29) is 5.03 Å². The number of aromatic nitrogens is 3. The number of hydrogen-bond acceptors (Lipinski definition) is 5. The number of fused-ring (bicyclic) bond motifs is 1. The van der Waals surface area contributed by atoms with Crippen LogP contribution in [0.5, 0.6) is 0 Å². The van der Waals surface area contributed by atoms with Gasteiger partial charge in [0.05, 0.1) is 11.4 Å². The van der Waals surface area contributed by atoms with Crippen LogP contribution in [0.3, 0.4) is 0 Å². The van der Waals surface area contributed by atoms with Gasteiger partial charge in [-0.15, -0.1) is 0 Å². The van der Waals surface area contributed by atoms with E-state index in [2.05, 4.69) is 14.8 Å². The summed E-state index contributed by atoms with van der Waals surface area (Å²) in [6, 6.07) is 5.57. The van der Waals surface area contributed by atoms with Gasteiger partial charge in [0, 0.05) is 0 Å². The van der Waals surface area contributed by atoms with Gasteiger partial charge in [-0.2, -0.15) is 18.0 Å². The predicted octanol–water partition coefficient (Wildman–Crippen LogP) is 2.83. The molecule has 3 rings (SSSR count). The Morgan fingerprint density at radius 3 is 2.59 bits per heavy atom. The number of hydrogen-bond donors (Lipinski definition) is 1. The van der Waals surface area contributed by atoms with Crippen molar-refractivity contribution in [2.75, 3.05) is 4.72 Å². The van der Waals surface area contributed by atoms with Crippen LogP contribution in [0.2, 0.25) is 0 Å². The molecule has 6 nitrogen and oxygen atoms in total. The van der Waals surface area contributed by atoms with Crippen molar-refractivity contribution in [1.82, 2.24) is 14.6 Å². The van der Waals surface area contributed by atoms with Crippen molar-refractivity contribution in [3.05, 3.63) is 40.0 Å². The van der Waals surface area contributed by atoms with E-state index in [0.29, 0.717) is 16.3 Å². The van der Waals surface area contributed by atoms with Crippen LogP contribution in [0, 0.1) is 27.7 Å². The summed E-state index contributed by atoms with van der Waals surface area (Å²) >= 11 is 1.36. The summed E-state index contributed by atoms with van der Waals surface area (Å²) in [6.07, 6.45) is 0. The number of aryl methyl sites for hydroxylation is 4. The van der Waals surface area contributed by atoms with Crippen LogP contribution >= 0.6 is 11.3 Å². The minimum absolute atomic E-state index is 0.0897. The number of nitrogens with one attached hydrogen (secondary N) is 1. The van der Waals surface area contributed by atoms with Gasteiger partial charge in [-0.05, 0) is 39.3 Å². The molecule has 0 aliphatic heterocycles. The third-order valence-electron chi connectivity index (χ3n) is 3.31. The summed E-state index contributed by atoms with van der Waals surface area (Å²) in [7, 11) is -3.75. The predicted molar refractivity (Wildman–Crippen MR) is 87.1 cm³/mol. The first-order chi connectivity index (χ1) is 10.3. The second kappa shape index (κ2) is 5.06. The van der Waals surface area contributed by atoms with Crippen molar-refractivity contribution in [1.29, 1.82) is 0 Å². The molecule has 3 aromatic rings. The van der Waals surface area contributed by atoms with E-state index in [4.69, 9.17) is 0 Å². The van der Waals surface area contributed by atoms with E-state index in [1.807, 2.05) is 32.9 Å². The molecule has 1 aromatic carbocycles. The van der Waals surface area contributed by atoms with Crippen LogP contribution in [-0.4, -0.2) is 23.0 Å². The Bertz CT molecular complexity index is 970. The van der Waals surface area contributed by atoms with Gasteiger partial charge in [-0.3, -0.25) is 4.72 Å². The molecule has 0 spiro atoms. The van der Waals surface area contributed by atoms with E-state index >= 15 is 0 Å². The summed E-state index contributed by atoms with van der Waals surface area (Å²) in [5, 5.41) is 5.09. The molecule has 2 aromatic heterocycles. The Labute approximate surface area is 132 Å². The zero-order valence-corrected chi connectivity index (χ0v) is 14.3. The van der Waals surface area contributed by atoms with Crippen molar-refractivity contribution in [2.24, 2.45) is 0 Å². The lowest BCUT2D eigenvalue weighted by atomic mass is 10.1. The summed E-state index contributed by atoms with van der Waals surface area (Å²) in [6.45, 7) is 7.33. The molecular formula is C14H16N4O2S2. The molecule has 22 heavy (non-hydrogen) atoms.